The van der Waals surface area contributed by atoms with Crippen molar-refractivity contribution < 1.29 is 9.18 Å². The van der Waals surface area contributed by atoms with Crippen LogP contribution in [0.25, 0.3) is 16.6 Å². The summed E-state index contributed by atoms with van der Waals surface area (Å²) in [6, 6.07) is 7.14. The lowest BCUT2D eigenvalue weighted by atomic mass is 10.1. The summed E-state index contributed by atoms with van der Waals surface area (Å²) in [4.78, 5) is 28.3. The van der Waals surface area contributed by atoms with E-state index in [9.17, 15) is 9.18 Å². The Morgan fingerprint density at radius 3 is 2.86 bits per heavy atom. The van der Waals surface area contributed by atoms with E-state index in [-0.39, 0.29) is 11.6 Å². The van der Waals surface area contributed by atoms with Gasteiger partial charge in [0.25, 0.3) is 5.91 Å². The molecule has 1 atom stereocenters. The number of imidazole rings is 1. The molecule has 188 valence electrons. The molecule has 0 saturated carbocycles. The summed E-state index contributed by atoms with van der Waals surface area (Å²) in [6.07, 6.45) is 9.77. The fraction of sp³-hybridized carbons (Fsp3) is 0.269. The maximum Gasteiger partial charge on any atom is 0.257 e. The van der Waals surface area contributed by atoms with Crippen LogP contribution in [0.5, 0.6) is 0 Å². The van der Waals surface area contributed by atoms with Crippen LogP contribution in [0.2, 0.25) is 0 Å². The van der Waals surface area contributed by atoms with E-state index in [2.05, 4.69) is 35.6 Å². The van der Waals surface area contributed by atoms with Crippen molar-refractivity contribution in [1.82, 2.24) is 34.4 Å². The molecule has 0 spiro atoms. The van der Waals surface area contributed by atoms with Crippen molar-refractivity contribution in [2.45, 2.75) is 25.9 Å². The molecule has 1 aromatic carbocycles. The zero-order chi connectivity index (χ0) is 25.5. The molecule has 0 bridgehead atoms. The van der Waals surface area contributed by atoms with E-state index >= 15 is 0 Å². The molecule has 0 radical (unpaired) electrons. The number of nitrogens with zero attached hydrogens (tertiary/aromatic N) is 7. The molecule has 11 heteroatoms. The minimum absolute atomic E-state index is 0.224. The predicted octanol–water partition coefficient (Wildman–Crippen LogP) is 3.08. The fourth-order valence-electron chi connectivity index (χ4n) is 4.91. The molecule has 1 aliphatic rings. The third kappa shape index (κ3) is 4.49. The molecule has 2 N–H and O–H groups in total. The molecule has 1 saturated heterocycles. The molecule has 10 nitrogen and oxygen atoms in total. The van der Waals surface area contributed by atoms with Crippen LogP contribution in [-0.4, -0.2) is 54.2 Å². The van der Waals surface area contributed by atoms with Crippen molar-refractivity contribution in [3.63, 3.8) is 0 Å². The van der Waals surface area contributed by atoms with Gasteiger partial charge in [-0.25, -0.2) is 19.3 Å². The number of rotatable bonds is 6. The number of hydrogen-bond donors (Lipinski definition) is 2. The van der Waals surface area contributed by atoms with Crippen molar-refractivity contribution >= 4 is 33.8 Å². The second kappa shape index (κ2) is 9.25. The molecule has 0 unspecified atom stereocenters. The highest BCUT2D eigenvalue weighted by Crippen LogP contribution is 2.31. The van der Waals surface area contributed by atoms with Gasteiger partial charge in [-0.05, 0) is 31.5 Å². The van der Waals surface area contributed by atoms with E-state index < -0.39 is 5.82 Å². The lowest BCUT2D eigenvalue weighted by Crippen LogP contribution is -2.32. The van der Waals surface area contributed by atoms with Crippen molar-refractivity contribution in [3.8, 4) is 0 Å². The molecule has 1 aliphatic heterocycles. The third-order valence-electron chi connectivity index (χ3n) is 6.59. The number of pyridine rings is 1. The van der Waals surface area contributed by atoms with Crippen LogP contribution in [0.3, 0.4) is 0 Å². The minimum Gasteiger partial charge on any atom is -0.369 e. The maximum absolute atomic E-state index is 14.5. The Hall–Kier alpha value is -4.38. The van der Waals surface area contributed by atoms with E-state index in [1.54, 1.807) is 52.9 Å². The highest BCUT2D eigenvalue weighted by atomic mass is 19.1. The van der Waals surface area contributed by atoms with Crippen LogP contribution in [-0.2, 0) is 13.6 Å². The molecule has 37 heavy (non-hydrogen) atoms. The Balaban J connectivity index is 1.22. The average molecular weight is 500 g/mol. The van der Waals surface area contributed by atoms with Crippen molar-refractivity contribution in [2.24, 2.45) is 7.05 Å². The number of amides is 1. The summed E-state index contributed by atoms with van der Waals surface area (Å²) in [5.41, 5.74) is 3.32. The summed E-state index contributed by atoms with van der Waals surface area (Å²) >= 11 is 0. The van der Waals surface area contributed by atoms with E-state index in [0.717, 1.165) is 36.4 Å². The summed E-state index contributed by atoms with van der Waals surface area (Å²) < 4.78 is 17.8. The topological polar surface area (TPSA) is 105 Å². The van der Waals surface area contributed by atoms with Crippen LogP contribution in [0, 0.1) is 12.7 Å². The Kier molecular flexibility index (Phi) is 5.76. The molecule has 0 aliphatic carbocycles. The van der Waals surface area contributed by atoms with Crippen LogP contribution in [0.4, 0.5) is 15.8 Å². The lowest BCUT2D eigenvalue weighted by molar-refractivity contribution is 0.102. The number of anilines is 2. The van der Waals surface area contributed by atoms with Gasteiger partial charge in [-0.15, -0.1) is 0 Å². The van der Waals surface area contributed by atoms with Gasteiger partial charge in [0.05, 0.1) is 23.5 Å². The zero-order valence-corrected chi connectivity index (χ0v) is 20.5. The van der Waals surface area contributed by atoms with Crippen LogP contribution >= 0.6 is 0 Å². The number of carbonyl (C=O) groups is 1. The van der Waals surface area contributed by atoms with Gasteiger partial charge in [0.1, 0.15) is 11.3 Å². The molecule has 4 aromatic heterocycles. The molecule has 5 aromatic rings. The number of carbonyl (C=O) groups excluding carboxylic acids is 1. The van der Waals surface area contributed by atoms with E-state index in [1.165, 1.54) is 6.07 Å². The SMILES string of the molecule is Cc1cn2cc(NC(=O)c3ccc(N4CC[C@H](NCc5ncccn5)C4)c4cn(C)nc34)cc(F)c2n1. The zero-order valence-electron chi connectivity index (χ0n) is 20.5. The predicted molar refractivity (Wildman–Crippen MR) is 138 cm³/mol. The Morgan fingerprint density at radius 2 is 2.03 bits per heavy atom. The van der Waals surface area contributed by atoms with Gasteiger partial charge < -0.3 is 19.9 Å². The summed E-state index contributed by atoms with van der Waals surface area (Å²) in [5, 5.41) is 11.8. The van der Waals surface area contributed by atoms with Crippen molar-refractivity contribution in [3.05, 3.63) is 78.1 Å². The maximum atomic E-state index is 14.5. The largest absolute Gasteiger partial charge is 0.369 e. The highest BCUT2D eigenvalue weighted by molar-refractivity contribution is 6.13. The van der Waals surface area contributed by atoms with Crippen LogP contribution in [0.1, 0.15) is 28.3 Å². The number of aryl methyl sites for hydroxylation is 2. The first-order valence-corrected chi connectivity index (χ1v) is 12.1. The first-order valence-electron chi connectivity index (χ1n) is 12.1. The Morgan fingerprint density at radius 1 is 1.19 bits per heavy atom. The second-order valence-corrected chi connectivity index (χ2v) is 9.32. The number of fused-ring (bicyclic) bond motifs is 2. The van der Waals surface area contributed by atoms with Gasteiger partial charge in [0.2, 0.25) is 0 Å². The monoisotopic (exact) mass is 499 g/mol. The first-order chi connectivity index (χ1) is 17.9. The second-order valence-electron chi connectivity index (χ2n) is 9.32. The Bertz CT molecular complexity index is 1610. The number of halogens is 1. The van der Waals surface area contributed by atoms with Gasteiger partial charge in [0, 0.05) is 74.3 Å². The quantitative estimate of drug-likeness (QED) is 0.370. The number of benzene rings is 1. The molecule has 5 heterocycles. The summed E-state index contributed by atoms with van der Waals surface area (Å²) in [5.74, 6) is -0.0805. The molecule has 6 rings (SSSR count). The standard InChI is InChI=1S/C26H26FN9O/c1-16-12-36-14-18(10-21(27)25(36)31-16)32-26(37)19-4-5-22(20-15-34(2)33-24(19)20)35-9-6-17(13-35)30-11-23-28-7-3-8-29-23/h3-5,7-8,10,12,14-15,17,30H,6,9,11,13H2,1-2H3,(H,32,37)/t17-/m0/s1. The molecule has 1 fully saturated rings. The van der Waals surface area contributed by atoms with Crippen molar-refractivity contribution in [1.29, 1.82) is 0 Å². The highest BCUT2D eigenvalue weighted by Gasteiger charge is 2.26. The fourth-order valence-corrected chi connectivity index (χ4v) is 4.91. The van der Waals surface area contributed by atoms with Gasteiger partial charge in [-0.3, -0.25) is 9.48 Å². The van der Waals surface area contributed by atoms with Crippen LogP contribution in [0.15, 0.2) is 55.2 Å². The smallest absolute Gasteiger partial charge is 0.257 e. The Labute approximate surface area is 212 Å². The molecular weight excluding hydrogens is 473 g/mol. The van der Waals surface area contributed by atoms with Crippen LogP contribution < -0.4 is 15.5 Å². The molecular formula is C26H26FN9O. The van der Waals surface area contributed by atoms with Gasteiger partial charge >= 0.3 is 0 Å². The van der Waals surface area contributed by atoms with E-state index in [0.29, 0.717) is 35.0 Å². The summed E-state index contributed by atoms with van der Waals surface area (Å²) in [6.45, 7) is 4.12. The van der Waals surface area contributed by atoms with E-state index in [1.807, 2.05) is 19.3 Å². The van der Waals surface area contributed by atoms with Gasteiger partial charge in [0.15, 0.2) is 11.5 Å². The average Bonchev–Trinajstić information content (AvgIpc) is 3.60. The van der Waals surface area contributed by atoms with Gasteiger partial charge in [-0.2, -0.15) is 5.10 Å². The number of hydrogen-bond acceptors (Lipinski definition) is 7. The number of nitrogens with one attached hydrogen (secondary N) is 2. The first kappa shape index (κ1) is 23.0. The molecule has 1 amide bonds. The van der Waals surface area contributed by atoms with E-state index in [4.69, 9.17) is 0 Å². The number of aromatic nitrogens is 6. The normalized spacial score (nSPS) is 15.6. The lowest BCUT2D eigenvalue weighted by Gasteiger charge is -2.20. The third-order valence-corrected chi connectivity index (χ3v) is 6.59. The minimum atomic E-state index is -0.500. The summed E-state index contributed by atoms with van der Waals surface area (Å²) in [7, 11) is 1.84. The van der Waals surface area contributed by atoms with Gasteiger partial charge in [-0.1, -0.05) is 0 Å². The van der Waals surface area contributed by atoms with Crippen molar-refractivity contribution in [2.75, 3.05) is 23.3 Å².